The first-order chi connectivity index (χ1) is 9.10. The molecule has 1 N–H and O–H groups in total. The lowest BCUT2D eigenvalue weighted by Gasteiger charge is -2.18. The second-order valence-electron chi connectivity index (χ2n) is 4.14. The van der Waals surface area contributed by atoms with Crippen LogP contribution in [0.5, 0.6) is 0 Å². The van der Waals surface area contributed by atoms with Gasteiger partial charge in [-0.25, -0.2) is 5.01 Å². The lowest BCUT2D eigenvalue weighted by Crippen LogP contribution is -2.34. The molecule has 0 radical (unpaired) electrons. The van der Waals surface area contributed by atoms with Gasteiger partial charge in [0.2, 0.25) is 5.91 Å². The Labute approximate surface area is 111 Å². The lowest BCUT2D eigenvalue weighted by atomic mass is 10.1. The van der Waals surface area contributed by atoms with Crippen LogP contribution in [0.15, 0.2) is 29.4 Å². The van der Waals surface area contributed by atoms with E-state index >= 15 is 0 Å². The molecule has 1 heterocycles. The summed E-state index contributed by atoms with van der Waals surface area (Å²) in [4.78, 5) is 23.3. The molecule has 5 heteroatoms. The number of nitrogens with one attached hydrogen (secondary N) is 1. The highest BCUT2D eigenvalue weighted by Crippen LogP contribution is 2.12. The van der Waals surface area contributed by atoms with Crippen molar-refractivity contribution in [2.45, 2.75) is 12.8 Å². The second-order valence-corrected chi connectivity index (χ2v) is 4.14. The Hall–Kier alpha value is -2.61. The Morgan fingerprint density at radius 3 is 2.95 bits per heavy atom. The summed E-state index contributed by atoms with van der Waals surface area (Å²) in [6.45, 7) is 0. The molecular weight excluding hydrogens is 242 g/mol. The molecule has 0 fully saturated rings. The maximum Gasteiger partial charge on any atom is 0.271 e. The molecular formula is C14H13N3O2. The van der Waals surface area contributed by atoms with E-state index < -0.39 is 0 Å². The maximum atomic E-state index is 12.0. The van der Waals surface area contributed by atoms with Gasteiger partial charge >= 0.3 is 0 Å². The molecule has 0 saturated heterocycles. The lowest BCUT2D eigenvalue weighted by molar-refractivity contribution is -0.130. The fourth-order valence-corrected chi connectivity index (χ4v) is 1.72. The Morgan fingerprint density at radius 1 is 1.47 bits per heavy atom. The number of carbonyl (C=O) groups excluding carboxylic acids is 2. The third-order valence-electron chi connectivity index (χ3n) is 2.76. The van der Waals surface area contributed by atoms with Crippen LogP contribution in [0.2, 0.25) is 0 Å². The molecule has 1 aliphatic heterocycles. The van der Waals surface area contributed by atoms with E-state index in [2.05, 4.69) is 16.3 Å². The van der Waals surface area contributed by atoms with E-state index in [1.807, 2.05) is 0 Å². The maximum absolute atomic E-state index is 12.0. The van der Waals surface area contributed by atoms with E-state index in [1.165, 1.54) is 12.1 Å². The second kappa shape index (κ2) is 5.36. The molecule has 2 rings (SSSR count). The summed E-state index contributed by atoms with van der Waals surface area (Å²) in [6.07, 6.45) is 5.94. The van der Waals surface area contributed by atoms with Crippen LogP contribution in [0.3, 0.4) is 0 Å². The van der Waals surface area contributed by atoms with Crippen molar-refractivity contribution in [2.24, 2.45) is 5.10 Å². The molecule has 0 atom stereocenters. The summed E-state index contributed by atoms with van der Waals surface area (Å²) in [5.74, 6) is 2.10. The fourth-order valence-electron chi connectivity index (χ4n) is 1.72. The van der Waals surface area contributed by atoms with Gasteiger partial charge in [0.15, 0.2) is 0 Å². The SMILES string of the molecule is C#Cc1cccc(NC(=O)C2=NN(C)C(=O)CC2)c1. The first kappa shape index (κ1) is 12.8. The van der Waals surface area contributed by atoms with Crippen LogP contribution < -0.4 is 5.32 Å². The molecule has 0 spiro atoms. The van der Waals surface area contributed by atoms with Crippen LogP contribution in [0.25, 0.3) is 0 Å². The quantitative estimate of drug-likeness (QED) is 0.807. The zero-order valence-corrected chi connectivity index (χ0v) is 10.5. The van der Waals surface area contributed by atoms with E-state index in [0.717, 1.165) is 0 Å². The number of terminal acetylenes is 1. The third-order valence-corrected chi connectivity index (χ3v) is 2.76. The number of benzene rings is 1. The minimum Gasteiger partial charge on any atom is -0.321 e. The smallest absolute Gasteiger partial charge is 0.271 e. The van der Waals surface area contributed by atoms with E-state index in [1.54, 1.807) is 24.3 Å². The summed E-state index contributed by atoms with van der Waals surface area (Å²) >= 11 is 0. The number of rotatable bonds is 2. The minimum absolute atomic E-state index is 0.0918. The molecule has 0 bridgehead atoms. The monoisotopic (exact) mass is 255 g/mol. The Kier molecular flexibility index (Phi) is 3.62. The average Bonchev–Trinajstić information content (AvgIpc) is 2.42. The molecule has 1 aromatic rings. The topological polar surface area (TPSA) is 61.8 Å². The van der Waals surface area contributed by atoms with E-state index in [-0.39, 0.29) is 11.8 Å². The number of hydrogen-bond donors (Lipinski definition) is 1. The van der Waals surface area contributed by atoms with Crippen LogP contribution in [0.1, 0.15) is 18.4 Å². The largest absolute Gasteiger partial charge is 0.321 e. The standard InChI is InChI=1S/C14H13N3O2/c1-3-10-5-4-6-11(9-10)15-14(19)12-7-8-13(18)17(2)16-12/h1,4-6,9H,7-8H2,2H3,(H,15,19). The van der Waals surface area contributed by atoms with Crippen LogP contribution in [-0.2, 0) is 9.59 Å². The van der Waals surface area contributed by atoms with Crippen molar-refractivity contribution >= 4 is 23.2 Å². The molecule has 0 aliphatic carbocycles. The van der Waals surface area contributed by atoms with Crippen LogP contribution in [-0.4, -0.2) is 29.6 Å². The highest BCUT2D eigenvalue weighted by molar-refractivity contribution is 6.43. The van der Waals surface area contributed by atoms with Gasteiger partial charge < -0.3 is 5.32 Å². The molecule has 2 amide bonds. The van der Waals surface area contributed by atoms with Crippen LogP contribution >= 0.6 is 0 Å². The van der Waals surface area contributed by atoms with Gasteiger partial charge in [-0.05, 0) is 18.2 Å². The number of amides is 2. The Bertz CT molecular complexity index is 599. The van der Waals surface area contributed by atoms with Gasteiger partial charge in [0.25, 0.3) is 5.91 Å². The first-order valence-electron chi connectivity index (χ1n) is 5.82. The highest BCUT2D eigenvalue weighted by Gasteiger charge is 2.21. The van der Waals surface area contributed by atoms with E-state index in [9.17, 15) is 9.59 Å². The van der Waals surface area contributed by atoms with Crippen molar-refractivity contribution in [1.82, 2.24) is 5.01 Å². The molecule has 0 aromatic heterocycles. The number of carbonyl (C=O) groups is 2. The summed E-state index contributed by atoms with van der Waals surface area (Å²) in [5, 5.41) is 7.86. The summed E-state index contributed by atoms with van der Waals surface area (Å²) in [6, 6.07) is 7.00. The van der Waals surface area contributed by atoms with Crippen molar-refractivity contribution in [3.8, 4) is 12.3 Å². The zero-order valence-electron chi connectivity index (χ0n) is 10.5. The van der Waals surface area contributed by atoms with Gasteiger partial charge in [-0.15, -0.1) is 6.42 Å². The molecule has 96 valence electrons. The Balaban J connectivity index is 2.11. The summed E-state index contributed by atoms with van der Waals surface area (Å²) in [7, 11) is 1.54. The fraction of sp³-hybridized carbons (Fsp3) is 0.214. The average molecular weight is 255 g/mol. The van der Waals surface area contributed by atoms with Gasteiger partial charge in [-0.2, -0.15) is 5.10 Å². The van der Waals surface area contributed by atoms with Crippen molar-refractivity contribution in [1.29, 1.82) is 0 Å². The molecule has 19 heavy (non-hydrogen) atoms. The molecule has 1 aliphatic rings. The number of nitrogens with zero attached hydrogens (tertiary/aromatic N) is 2. The van der Waals surface area contributed by atoms with E-state index in [4.69, 9.17) is 6.42 Å². The van der Waals surface area contributed by atoms with Crippen LogP contribution in [0, 0.1) is 12.3 Å². The third kappa shape index (κ3) is 2.99. The van der Waals surface area contributed by atoms with Gasteiger partial charge in [-0.3, -0.25) is 9.59 Å². The zero-order chi connectivity index (χ0) is 13.8. The summed E-state index contributed by atoms with van der Waals surface area (Å²) in [5.41, 5.74) is 1.64. The Morgan fingerprint density at radius 2 is 2.26 bits per heavy atom. The first-order valence-corrected chi connectivity index (χ1v) is 5.82. The molecule has 0 saturated carbocycles. The molecule has 0 unspecified atom stereocenters. The predicted molar refractivity (Wildman–Crippen MR) is 72.4 cm³/mol. The normalized spacial score (nSPS) is 14.6. The van der Waals surface area contributed by atoms with Gasteiger partial charge in [0.05, 0.1) is 0 Å². The van der Waals surface area contributed by atoms with Crippen molar-refractivity contribution in [3.05, 3.63) is 29.8 Å². The number of anilines is 1. The van der Waals surface area contributed by atoms with E-state index in [0.29, 0.717) is 29.8 Å². The number of hydrazone groups is 1. The van der Waals surface area contributed by atoms with Crippen molar-refractivity contribution in [3.63, 3.8) is 0 Å². The van der Waals surface area contributed by atoms with Crippen molar-refractivity contribution < 1.29 is 9.59 Å². The molecule has 5 nitrogen and oxygen atoms in total. The number of hydrogen-bond acceptors (Lipinski definition) is 3. The van der Waals surface area contributed by atoms with Gasteiger partial charge in [-0.1, -0.05) is 12.0 Å². The minimum atomic E-state index is -0.312. The highest BCUT2D eigenvalue weighted by atomic mass is 16.2. The molecule has 1 aromatic carbocycles. The summed E-state index contributed by atoms with van der Waals surface area (Å²) < 4.78 is 0. The van der Waals surface area contributed by atoms with Crippen molar-refractivity contribution in [2.75, 3.05) is 12.4 Å². The predicted octanol–water partition coefficient (Wildman–Crippen LogP) is 1.21. The van der Waals surface area contributed by atoms with Gasteiger partial charge in [0.1, 0.15) is 5.71 Å². The van der Waals surface area contributed by atoms with Gasteiger partial charge in [0, 0.05) is 31.1 Å². The van der Waals surface area contributed by atoms with Crippen LogP contribution in [0.4, 0.5) is 5.69 Å².